The van der Waals surface area contributed by atoms with Gasteiger partial charge in [-0.25, -0.2) is 0 Å². The van der Waals surface area contributed by atoms with Crippen molar-refractivity contribution >= 4 is 35.0 Å². The summed E-state index contributed by atoms with van der Waals surface area (Å²) in [6, 6.07) is 5.21. The lowest BCUT2D eigenvalue weighted by atomic mass is 9.75. The molecular formula is C21H22ClN3O4. The van der Waals surface area contributed by atoms with E-state index < -0.39 is 17.4 Å². The highest BCUT2D eigenvalue weighted by atomic mass is 35.5. The monoisotopic (exact) mass is 415 g/mol. The lowest BCUT2D eigenvalue weighted by molar-refractivity contribution is -0.147. The van der Waals surface area contributed by atoms with Crippen LogP contribution in [0.25, 0.3) is 0 Å². The van der Waals surface area contributed by atoms with Crippen molar-refractivity contribution in [2.24, 2.45) is 11.8 Å². The molecular weight excluding hydrogens is 394 g/mol. The summed E-state index contributed by atoms with van der Waals surface area (Å²) in [4.78, 5) is 44.0. The Hall–Kier alpha value is -1.96. The van der Waals surface area contributed by atoms with Crippen LogP contribution in [0.2, 0.25) is 5.02 Å². The van der Waals surface area contributed by atoms with Gasteiger partial charge in [-0.2, -0.15) is 0 Å². The van der Waals surface area contributed by atoms with Crippen LogP contribution in [0.1, 0.15) is 31.2 Å². The number of anilines is 1. The molecule has 8 heteroatoms. The largest absolute Gasteiger partial charge is 0.376 e. The van der Waals surface area contributed by atoms with Gasteiger partial charge < -0.3 is 10.1 Å². The van der Waals surface area contributed by atoms with Gasteiger partial charge in [0.1, 0.15) is 5.54 Å². The molecule has 1 aromatic carbocycles. The third-order valence-corrected chi connectivity index (χ3v) is 7.69. The summed E-state index contributed by atoms with van der Waals surface area (Å²) >= 11 is 6.29. The molecule has 1 aromatic rings. The van der Waals surface area contributed by atoms with E-state index >= 15 is 0 Å². The number of hydrogen-bond acceptors (Lipinski definition) is 5. The highest BCUT2D eigenvalue weighted by molar-refractivity contribution is 6.31. The predicted molar refractivity (Wildman–Crippen MR) is 104 cm³/mol. The van der Waals surface area contributed by atoms with Gasteiger partial charge in [-0.15, -0.1) is 0 Å². The van der Waals surface area contributed by atoms with E-state index in [0.29, 0.717) is 23.9 Å². The van der Waals surface area contributed by atoms with Gasteiger partial charge >= 0.3 is 0 Å². The molecule has 7 nitrogen and oxygen atoms in total. The van der Waals surface area contributed by atoms with E-state index in [-0.39, 0.29) is 36.4 Å². The number of imide groups is 1. The Morgan fingerprint density at radius 3 is 2.83 bits per heavy atom. The summed E-state index contributed by atoms with van der Waals surface area (Å²) in [6.45, 7) is 1.66. The van der Waals surface area contributed by atoms with Crippen molar-refractivity contribution in [2.45, 2.75) is 43.4 Å². The molecule has 3 amide bonds. The SMILES string of the molecule is O=C1[C@@H]2[C@H]3CCCN3[C@]3(C(=O)Nc4ccc(Cl)cc43)[C@@H]2C(=O)N1C[C@@H]1CCCO1. The molecule has 6 rings (SSSR count). The van der Waals surface area contributed by atoms with Crippen molar-refractivity contribution in [3.8, 4) is 0 Å². The topological polar surface area (TPSA) is 79.0 Å². The number of amides is 3. The lowest BCUT2D eigenvalue weighted by Gasteiger charge is -2.36. The van der Waals surface area contributed by atoms with Crippen LogP contribution in [0, 0.1) is 11.8 Å². The molecule has 0 unspecified atom stereocenters. The molecule has 5 atom stereocenters. The number of carbonyl (C=O) groups excluding carboxylic acids is 3. The van der Waals surface area contributed by atoms with Crippen LogP contribution in [0.3, 0.4) is 0 Å². The van der Waals surface area contributed by atoms with Gasteiger partial charge in [-0.3, -0.25) is 24.2 Å². The molecule has 1 N–H and O–H groups in total. The first kappa shape index (κ1) is 17.9. The van der Waals surface area contributed by atoms with E-state index in [1.807, 2.05) is 0 Å². The Kier molecular flexibility index (Phi) is 3.71. The average Bonchev–Trinajstić information content (AvgIpc) is 3.47. The van der Waals surface area contributed by atoms with Crippen molar-refractivity contribution in [3.63, 3.8) is 0 Å². The van der Waals surface area contributed by atoms with Gasteiger partial charge in [-0.1, -0.05) is 11.6 Å². The molecule has 0 aromatic heterocycles. The molecule has 0 radical (unpaired) electrons. The van der Waals surface area contributed by atoms with Crippen LogP contribution < -0.4 is 5.32 Å². The predicted octanol–water partition coefficient (Wildman–Crippen LogP) is 1.75. The normalized spacial score (nSPS) is 38.1. The highest BCUT2D eigenvalue weighted by Crippen LogP contribution is 2.60. The molecule has 0 aliphatic carbocycles. The van der Waals surface area contributed by atoms with E-state index in [9.17, 15) is 14.4 Å². The second-order valence-electron chi connectivity index (χ2n) is 8.74. The van der Waals surface area contributed by atoms with Crippen LogP contribution in [0.5, 0.6) is 0 Å². The summed E-state index contributed by atoms with van der Waals surface area (Å²) in [5.41, 5.74) is 0.266. The van der Waals surface area contributed by atoms with Gasteiger partial charge in [0.15, 0.2) is 0 Å². The number of fused-ring (bicyclic) bond motifs is 7. The quantitative estimate of drug-likeness (QED) is 0.744. The van der Waals surface area contributed by atoms with E-state index in [1.54, 1.807) is 18.2 Å². The molecule has 29 heavy (non-hydrogen) atoms. The van der Waals surface area contributed by atoms with Crippen LogP contribution >= 0.6 is 11.6 Å². The molecule has 5 aliphatic rings. The minimum Gasteiger partial charge on any atom is -0.376 e. The van der Waals surface area contributed by atoms with Gasteiger partial charge in [-0.05, 0) is 50.4 Å². The Morgan fingerprint density at radius 1 is 1.17 bits per heavy atom. The number of benzene rings is 1. The van der Waals surface area contributed by atoms with Crippen molar-refractivity contribution in [2.75, 3.05) is 25.0 Å². The van der Waals surface area contributed by atoms with Crippen LogP contribution in [0.15, 0.2) is 18.2 Å². The first-order valence-electron chi connectivity index (χ1n) is 10.4. The van der Waals surface area contributed by atoms with E-state index in [2.05, 4.69) is 10.2 Å². The maximum Gasteiger partial charge on any atom is 0.250 e. The third-order valence-electron chi connectivity index (χ3n) is 7.46. The smallest absolute Gasteiger partial charge is 0.250 e. The second-order valence-corrected chi connectivity index (χ2v) is 9.18. The van der Waals surface area contributed by atoms with E-state index in [0.717, 1.165) is 31.2 Å². The Bertz CT molecular complexity index is 946. The van der Waals surface area contributed by atoms with Crippen LogP contribution in [-0.2, 0) is 24.7 Å². The average molecular weight is 416 g/mol. The first-order chi connectivity index (χ1) is 14.0. The third kappa shape index (κ3) is 2.13. The molecule has 5 heterocycles. The maximum absolute atomic E-state index is 13.6. The van der Waals surface area contributed by atoms with Gasteiger partial charge in [0.2, 0.25) is 17.7 Å². The van der Waals surface area contributed by atoms with E-state index in [4.69, 9.17) is 16.3 Å². The second kappa shape index (κ2) is 6.03. The van der Waals surface area contributed by atoms with Crippen molar-refractivity contribution in [3.05, 3.63) is 28.8 Å². The number of halogens is 1. The van der Waals surface area contributed by atoms with E-state index in [1.165, 1.54) is 4.90 Å². The Labute approximate surface area is 173 Å². The summed E-state index contributed by atoms with van der Waals surface area (Å²) in [6.07, 6.45) is 3.43. The maximum atomic E-state index is 13.6. The molecule has 1 spiro atoms. The molecule has 5 aliphatic heterocycles. The fourth-order valence-corrected chi connectivity index (χ4v) is 6.58. The number of rotatable bonds is 2. The molecule has 4 saturated heterocycles. The molecule has 0 bridgehead atoms. The van der Waals surface area contributed by atoms with Crippen molar-refractivity contribution < 1.29 is 19.1 Å². The number of nitrogens with zero attached hydrogens (tertiary/aromatic N) is 2. The molecule has 4 fully saturated rings. The summed E-state index contributed by atoms with van der Waals surface area (Å²) in [5, 5.41) is 3.48. The van der Waals surface area contributed by atoms with Gasteiger partial charge in [0, 0.05) is 28.9 Å². The number of hydrogen-bond donors (Lipinski definition) is 1. The van der Waals surface area contributed by atoms with Crippen LogP contribution in [-0.4, -0.2) is 59.4 Å². The Morgan fingerprint density at radius 2 is 2.03 bits per heavy atom. The van der Waals surface area contributed by atoms with Crippen molar-refractivity contribution in [1.82, 2.24) is 9.80 Å². The standard InChI is InChI=1S/C21H22ClN3O4/c22-11-5-6-14-13(9-11)21(20(28)23-14)17-16(15-4-1-7-25(15)21)18(26)24(19(17)27)10-12-3-2-8-29-12/h5-6,9,12,15-17H,1-4,7-8,10H2,(H,23,28)/t12-,15+,16+,17-,21-/m0/s1. The fourth-order valence-electron chi connectivity index (χ4n) is 6.41. The molecule has 152 valence electrons. The minimum absolute atomic E-state index is 0.0957. The first-order valence-corrected chi connectivity index (χ1v) is 10.8. The fraction of sp³-hybridized carbons (Fsp3) is 0.571. The number of ether oxygens (including phenoxy) is 1. The Balaban J connectivity index is 1.48. The van der Waals surface area contributed by atoms with Gasteiger partial charge in [0.25, 0.3) is 0 Å². The summed E-state index contributed by atoms with van der Waals surface area (Å²) < 4.78 is 5.68. The zero-order chi connectivity index (χ0) is 19.9. The lowest BCUT2D eigenvalue weighted by Crippen LogP contribution is -2.54. The van der Waals surface area contributed by atoms with Crippen LogP contribution in [0.4, 0.5) is 5.69 Å². The van der Waals surface area contributed by atoms with Gasteiger partial charge in [0.05, 0.1) is 24.5 Å². The highest BCUT2D eigenvalue weighted by Gasteiger charge is 2.74. The zero-order valence-electron chi connectivity index (χ0n) is 15.9. The zero-order valence-corrected chi connectivity index (χ0v) is 16.7. The number of carbonyl (C=O) groups is 3. The number of nitrogens with one attached hydrogen (secondary N) is 1. The summed E-state index contributed by atoms with van der Waals surface area (Å²) in [5.74, 6) is -1.79. The molecule has 0 saturated carbocycles. The van der Waals surface area contributed by atoms with Crippen molar-refractivity contribution in [1.29, 1.82) is 0 Å². The number of likely N-dealkylation sites (tertiary alicyclic amines) is 1. The summed E-state index contributed by atoms with van der Waals surface area (Å²) in [7, 11) is 0. The minimum atomic E-state index is -1.15.